The van der Waals surface area contributed by atoms with Gasteiger partial charge in [-0.15, -0.1) is 0 Å². The first-order valence-electron chi connectivity index (χ1n) is 12.3. The highest BCUT2D eigenvalue weighted by atomic mass is 35.5. The molecule has 4 aromatic carbocycles. The molecule has 1 aliphatic heterocycles. The predicted octanol–water partition coefficient (Wildman–Crippen LogP) is 6.92. The molecule has 5 rings (SSSR count). The molecule has 7 nitrogen and oxygen atoms in total. The summed E-state index contributed by atoms with van der Waals surface area (Å²) in [7, 11) is 0. The Morgan fingerprint density at radius 2 is 1.57 bits per heavy atom. The molecule has 40 heavy (non-hydrogen) atoms. The van der Waals surface area contributed by atoms with Crippen LogP contribution >= 0.6 is 23.2 Å². The van der Waals surface area contributed by atoms with E-state index in [1.165, 1.54) is 6.07 Å². The Balaban J connectivity index is 1.25. The van der Waals surface area contributed by atoms with E-state index in [0.29, 0.717) is 45.6 Å². The number of ether oxygens (including phenoxy) is 1. The van der Waals surface area contributed by atoms with Crippen molar-refractivity contribution in [2.75, 3.05) is 15.5 Å². The number of benzene rings is 4. The first kappa shape index (κ1) is 27.0. The minimum absolute atomic E-state index is 0.0882. The van der Waals surface area contributed by atoms with Gasteiger partial charge in [0.15, 0.2) is 0 Å². The second-order valence-electron chi connectivity index (χ2n) is 9.02. The smallest absolute Gasteiger partial charge is 0.283 e. The van der Waals surface area contributed by atoms with Crippen molar-refractivity contribution in [3.63, 3.8) is 0 Å². The van der Waals surface area contributed by atoms with Crippen molar-refractivity contribution < 1.29 is 19.1 Å². The van der Waals surface area contributed by atoms with Crippen LogP contribution in [-0.2, 0) is 16.2 Å². The number of carbonyl (C=O) groups excluding carboxylic acids is 3. The molecule has 1 aliphatic rings. The van der Waals surface area contributed by atoms with Crippen LogP contribution in [-0.4, -0.2) is 17.7 Å². The highest BCUT2D eigenvalue weighted by Gasteiger charge is 2.39. The van der Waals surface area contributed by atoms with Crippen molar-refractivity contribution in [3.05, 3.63) is 130 Å². The van der Waals surface area contributed by atoms with E-state index in [-0.39, 0.29) is 16.6 Å². The quantitative estimate of drug-likeness (QED) is 0.224. The Bertz CT molecular complexity index is 1640. The number of hydrogen-bond donors (Lipinski definition) is 2. The van der Waals surface area contributed by atoms with Crippen molar-refractivity contribution in [1.82, 2.24) is 0 Å². The maximum absolute atomic E-state index is 13.2. The molecule has 0 unspecified atom stereocenters. The third-order valence-corrected chi connectivity index (χ3v) is 6.78. The zero-order valence-corrected chi connectivity index (χ0v) is 22.8. The van der Waals surface area contributed by atoms with Crippen LogP contribution in [0.1, 0.15) is 21.5 Å². The Labute approximate surface area is 241 Å². The molecule has 0 fully saturated rings. The standard InChI is InChI=1S/C31H23Cl2N3O4/c1-19-10-11-22(32)17-26(19)36-30(38)27(33)28(31(36)39)34-24-9-5-8-21(16-24)29(37)35-23-12-14-25(15-13-23)40-18-20-6-3-2-4-7-20/h2-17,34H,18H2,1H3,(H,35,37). The molecule has 200 valence electrons. The third-order valence-electron chi connectivity index (χ3n) is 6.19. The summed E-state index contributed by atoms with van der Waals surface area (Å²) in [4.78, 5) is 40.0. The third kappa shape index (κ3) is 5.86. The van der Waals surface area contributed by atoms with Crippen LogP contribution in [0, 0.1) is 6.92 Å². The minimum Gasteiger partial charge on any atom is -0.489 e. The topological polar surface area (TPSA) is 87.7 Å². The SMILES string of the molecule is Cc1ccc(Cl)cc1N1C(=O)C(Cl)=C(Nc2cccc(C(=O)Nc3ccc(OCc4ccccc4)cc3)c2)C1=O. The largest absolute Gasteiger partial charge is 0.489 e. The van der Waals surface area contributed by atoms with Crippen LogP contribution in [0.3, 0.4) is 0 Å². The van der Waals surface area contributed by atoms with E-state index in [1.807, 2.05) is 30.3 Å². The maximum atomic E-state index is 13.2. The van der Waals surface area contributed by atoms with Gasteiger partial charge in [0.25, 0.3) is 17.7 Å². The molecule has 9 heteroatoms. The lowest BCUT2D eigenvalue weighted by Gasteiger charge is -2.18. The summed E-state index contributed by atoms with van der Waals surface area (Å²) in [6.45, 7) is 2.20. The Hall–Kier alpha value is -4.59. The van der Waals surface area contributed by atoms with Gasteiger partial charge in [0.2, 0.25) is 0 Å². The van der Waals surface area contributed by atoms with Gasteiger partial charge in [0, 0.05) is 22.0 Å². The molecule has 1 heterocycles. The monoisotopic (exact) mass is 571 g/mol. The zero-order valence-electron chi connectivity index (χ0n) is 21.3. The molecule has 0 spiro atoms. The maximum Gasteiger partial charge on any atom is 0.283 e. The Kier molecular flexibility index (Phi) is 7.86. The van der Waals surface area contributed by atoms with Crippen molar-refractivity contribution >= 4 is 58.0 Å². The zero-order chi connectivity index (χ0) is 28.2. The molecule has 4 aromatic rings. The molecule has 0 saturated carbocycles. The number of carbonyl (C=O) groups is 3. The van der Waals surface area contributed by atoms with Gasteiger partial charge >= 0.3 is 0 Å². The number of amides is 3. The van der Waals surface area contributed by atoms with E-state index in [1.54, 1.807) is 67.6 Å². The molecule has 0 saturated heterocycles. The summed E-state index contributed by atoms with van der Waals surface area (Å²) in [6, 6.07) is 28.3. The van der Waals surface area contributed by atoms with Gasteiger partial charge < -0.3 is 15.4 Å². The van der Waals surface area contributed by atoms with Gasteiger partial charge in [-0.1, -0.05) is 65.7 Å². The number of halogens is 2. The summed E-state index contributed by atoms with van der Waals surface area (Å²) < 4.78 is 5.79. The molecule has 0 radical (unpaired) electrons. The molecule has 2 N–H and O–H groups in total. The van der Waals surface area contributed by atoms with Crippen LogP contribution < -0.4 is 20.3 Å². The number of hydrogen-bond acceptors (Lipinski definition) is 5. The van der Waals surface area contributed by atoms with Crippen LogP contribution in [0.2, 0.25) is 5.02 Å². The fourth-order valence-electron chi connectivity index (χ4n) is 4.11. The van der Waals surface area contributed by atoms with E-state index < -0.39 is 11.8 Å². The van der Waals surface area contributed by atoms with E-state index in [0.717, 1.165) is 10.5 Å². The molecule has 3 amide bonds. The summed E-state index contributed by atoms with van der Waals surface area (Å²) in [5.41, 5.74) is 3.34. The lowest BCUT2D eigenvalue weighted by atomic mass is 10.1. The summed E-state index contributed by atoms with van der Waals surface area (Å²) >= 11 is 12.4. The normalized spacial score (nSPS) is 13.0. The summed E-state index contributed by atoms with van der Waals surface area (Å²) in [6.07, 6.45) is 0. The van der Waals surface area contributed by atoms with Gasteiger partial charge in [-0.25, -0.2) is 4.90 Å². The lowest BCUT2D eigenvalue weighted by Crippen LogP contribution is -2.32. The lowest BCUT2D eigenvalue weighted by molar-refractivity contribution is -0.120. The fourth-order valence-corrected chi connectivity index (χ4v) is 4.49. The van der Waals surface area contributed by atoms with Crippen LogP contribution in [0.5, 0.6) is 5.75 Å². The minimum atomic E-state index is -0.662. The number of nitrogens with zero attached hydrogens (tertiary/aromatic N) is 1. The van der Waals surface area contributed by atoms with E-state index in [9.17, 15) is 14.4 Å². The fraction of sp³-hybridized carbons (Fsp3) is 0.0645. The Morgan fingerprint density at radius 3 is 2.33 bits per heavy atom. The Morgan fingerprint density at radius 1 is 0.825 bits per heavy atom. The van der Waals surface area contributed by atoms with Gasteiger partial charge in [-0.05, 0) is 72.6 Å². The number of anilines is 3. The summed E-state index contributed by atoms with van der Waals surface area (Å²) in [5.74, 6) is -0.961. The number of nitrogens with one attached hydrogen (secondary N) is 2. The summed E-state index contributed by atoms with van der Waals surface area (Å²) in [5, 5.41) is 5.87. The van der Waals surface area contributed by atoms with Crippen LogP contribution in [0.25, 0.3) is 0 Å². The molecule has 0 atom stereocenters. The van der Waals surface area contributed by atoms with E-state index >= 15 is 0 Å². The van der Waals surface area contributed by atoms with Crippen molar-refractivity contribution in [1.29, 1.82) is 0 Å². The highest BCUT2D eigenvalue weighted by molar-refractivity contribution is 6.53. The average molecular weight is 572 g/mol. The number of rotatable bonds is 8. The van der Waals surface area contributed by atoms with Gasteiger partial charge in [-0.3, -0.25) is 14.4 Å². The van der Waals surface area contributed by atoms with Gasteiger partial charge in [0.05, 0.1) is 5.69 Å². The average Bonchev–Trinajstić information content (AvgIpc) is 3.17. The van der Waals surface area contributed by atoms with E-state index in [4.69, 9.17) is 27.9 Å². The van der Waals surface area contributed by atoms with E-state index in [2.05, 4.69) is 10.6 Å². The van der Waals surface area contributed by atoms with Crippen molar-refractivity contribution in [2.45, 2.75) is 13.5 Å². The number of imide groups is 1. The van der Waals surface area contributed by atoms with Crippen LogP contribution in [0.15, 0.2) is 108 Å². The highest BCUT2D eigenvalue weighted by Crippen LogP contribution is 2.33. The molecule has 0 aromatic heterocycles. The predicted molar refractivity (Wildman–Crippen MR) is 157 cm³/mol. The van der Waals surface area contributed by atoms with Gasteiger partial charge in [0.1, 0.15) is 23.1 Å². The molecular formula is C31H23Cl2N3O4. The van der Waals surface area contributed by atoms with Crippen molar-refractivity contribution in [3.8, 4) is 5.75 Å². The van der Waals surface area contributed by atoms with Crippen LogP contribution in [0.4, 0.5) is 17.1 Å². The second-order valence-corrected chi connectivity index (χ2v) is 9.84. The first-order valence-corrected chi connectivity index (χ1v) is 13.1. The molecule has 0 bridgehead atoms. The molecule has 0 aliphatic carbocycles. The first-order chi connectivity index (χ1) is 19.3. The van der Waals surface area contributed by atoms with Crippen molar-refractivity contribution in [2.24, 2.45) is 0 Å². The molecular weight excluding hydrogens is 549 g/mol. The second kappa shape index (κ2) is 11.7. The number of aryl methyl sites for hydroxylation is 1. The van der Waals surface area contributed by atoms with Gasteiger partial charge in [-0.2, -0.15) is 0 Å².